The van der Waals surface area contributed by atoms with Crippen LogP contribution in [-0.4, -0.2) is 33.3 Å². The van der Waals surface area contributed by atoms with Gasteiger partial charge in [0.25, 0.3) is 5.91 Å². The van der Waals surface area contributed by atoms with Crippen LogP contribution in [0.15, 0.2) is 36.4 Å². The van der Waals surface area contributed by atoms with Gasteiger partial charge in [-0.15, -0.1) is 0 Å². The van der Waals surface area contributed by atoms with Crippen molar-refractivity contribution in [2.24, 2.45) is 0 Å². The number of hydrogen-bond acceptors (Lipinski definition) is 5. The van der Waals surface area contributed by atoms with Gasteiger partial charge < -0.3 is 24.3 Å². The molecule has 0 aliphatic rings. The van der Waals surface area contributed by atoms with E-state index in [1.54, 1.807) is 51.7 Å². The van der Waals surface area contributed by atoms with Crippen LogP contribution in [0.5, 0.6) is 23.0 Å². The second kappa shape index (κ2) is 9.92. The van der Waals surface area contributed by atoms with E-state index in [0.717, 1.165) is 5.56 Å². The lowest BCUT2D eigenvalue weighted by Crippen LogP contribution is -2.37. The molecule has 27 heavy (non-hydrogen) atoms. The fourth-order valence-corrected chi connectivity index (χ4v) is 2.74. The highest BCUT2D eigenvalue weighted by molar-refractivity contribution is 6.32. The number of nitrogens with one attached hydrogen (secondary N) is 1. The molecule has 0 saturated heterocycles. The Morgan fingerprint density at radius 1 is 1.04 bits per heavy atom. The normalized spacial score (nSPS) is 11.4. The third kappa shape index (κ3) is 5.20. The molecular formula is C20H24ClNO5. The minimum absolute atomic E-state index is 0.230. The molecule has 0 saturated carbocycles. The third-order valence-electron chi connectivity index (χ3n) is 3.96. The van der Waals surface area contributed by atoms with Gasteiger partial charge in [-0.3, -0.25) is 4.79 Å². The largest absolute Gasteiger partial charge is 0.493 e. The molecule has 1 N–H and O–H groups in total. The molecule has 1 amide bonds. The van der Waals surface area contributed by atoms with E-state index in [0.29, 0.717) is 34.4 Å². The Balaban J connectivity index is 2.08. The molecule has 0 aromatic heterocycles. The van der Waals surface area contributed by atoms with Gasteiger partial charge in [-0.1, -0.05) is 30.7 Å². The first kappa shape index (κ1) is 20.7. The molecule has 2 rings (SSSR count). The van der Waals surface area contributed by atoms with Gasteiger partial charge in [-0.05, 0) is 36.2 Å². The summed E-state index contributed by atoms with van der Waals surface area (Å²) in [5.41, 5.74) is 0.811. The van der Waals surface area contributed by atoms with Crippen molar-refractivity contribution in [3.63, 3.8) is 0 Å². The van der Waals surface area contributed by atoms with E-state index in [2.05, 4.69) is 5.32 Å². The Labute approximate surface area is 164 Å². The molecular weight excluding hydrogens is 370 g/mol. The zero-order chi connectivity index (χ0) is 19.8. The smallest absolute Gasteiger partial charge is 0.261 e. The molecule has 2 aromatic carbocycles. The maximum Gasteiger partial charge on any atom is 0.261 e. The summed E-state index contributed by atoms with van der Waals surface area (Å²) >= 11 is 6.10. The zero-order valence-corrected chi connectivity index (χ0v) is 16.6. The molecule has 2 aromatic rings. The SMILES string of the molecule is CC[C@@H](Oc1ccccc1Cl)C(=O)NCc1cc(OC)c(OC)c(OC)c1. The average molecular weight is 394 g/mol. The molecule has 0 radical (unpaired) electrons. The predicted molar refractivity (Wildman–Crippen MR) is 104 cm³/mol. The topological polar surface area (TPSA) is 66.0 Å². The number of methoxy groups -OCH3 is 3. The molecule has 1 atom stereocenters. The van der Waals surface area contributed by atoms with Crippen molar-refractivity contribution in [3.8, 4) is 23.0 Å². The van der Waals surface area contributed by atoms with Crippen LogP contribution < -0.4 is 24.3 Å². The van der Waals surface area contributed by atoms with E-state index in [1.807, 2.05) is 13.0 Å². The number of benzene rings is 2. The quantitative estimate of drug-likeness (QED) is 0.701. The average Bonchev–Trinajstić information content (AvgIpc) is 2.70. The number of carbonyl (C=O) groups excluding carboxylic acids is 1. The molecule has 7 heteroatoms. The van der Waals surface area contributed by atoms with Crippen LogP contribution in [-0.2, 0) is 11.3 Å². The van der Waals surface area contributed by atoms with Crippen LogP contribution in [0.25, 0.3) is 0 Å². The van der Waals surface area contributed by atoms with E-state index in [9.17, 15) is 4.79 Å². The first-order valence-corrected chi connectivity index (χ1v) is 8.89. The van der Waals surface area contributed by atoms with Gasteiger partial charge in [0.1, 0.15) is 5.75 Å². The molecule has 6 nitrogen and oxygen atoms in total. The Morgan fingerprint density at radius 2 is 1.67 bits per heavy atom. The Bertz CT molecular complexity index is 756. The Kier molecular flexibility index (Phi) is 7.61. The number of rotatable bonds is 9. The fraction of sp³-hybridized carbons (Fsp3) is 0.350. The standard InChI is InChI=1S/C20H24ClNO5/c1-5-15(27-16-9-7-6-8-14(16)21)20(23)22-12-13-10-17(24-2)19(26-4)18(11-13)25-3/h6-11,15H,5,12H2,1-4H3,(H,22,23)/t15-/m1/s1. The molecule has 146 valence electrons. The Hall–Kier alpha value is -2.60. The van der Waals surface area contributed by atoms with Crippen molar-refractivity contribution in [2.75, 3.05) is 21.3 Å². The predicted octanol–water partition coefficient (Wildman–Crippen LogP) is 3.84. The summed E-state index contributed by atoms with van der Waals surface area (Å²) in [6.45, 7) is 2.17. The highest BCUT2D eigenvalue weighted by Crippen LogP contribution is 2.38. The molecule has 0 aliphatic heterocycles. The molecule has 0 heterocycles. The van der Waals surface area contributed by atoms with Crippen LogP contribution in [0, 0.1) is 0 Å². The number of amides is 1. The second-order valence-electron chi connectivity index (χ2n) is 5.70. The van der Waals surface area contributed by atoms with Crippen LogP contribution >= 0.6 is 11.6 Å². The number of hydrogen-bond donors (Lipinski definition) is 1. The lowest BCUT2D eigenvalue weighted by atomic mass is 10.1. The lowest BCUT2D eigenvalue weighted by Gasteiger charge is -2.19. The van der Waals surface area contributed by atoms with Crippen LogP contribution in [0.3, 0.4) is 0 Å². The summed E-state index contributed by atoms with van der Waals surface area (Å²) < 4.78 is 21.7. The summed E-state index contributed by atoms with van der Waals surface area (Å²) in [7, 11) is 4.63. The number of carbonyl (C=O) groups is 1. The van der Waals surface area contributed by atoms with E-state index in [4.69, 9.17) is 30.5 Å². The maximum absolute atomic E-state index is 12.5. The van der Waals surface area contributed by atoms with Crippen molar-refractivity contribution in [1.29, 1.82) is 0 Å². The summed E-state index contributed by atoms with van der Waals surface area (Å²) in [6.07, 6.45) is -0.140. The fourth-order valence-electron chi connectivity index (χ4n) is 2.56. The van der Waals surface area contributed by atoms with Gasteiger partial charge in [0, 0.05) is 6.54 Å². The molecule has 0 bridgehead atoms. The van der Waals surface area contributed by atoms with Crippen LogP contribution in [0.1, 0.15) is 18.9 Å². The highest BCUT2D eigenvalue weighted by Gasteiger charge is 2.20. The van der Waals surface area contributed by atoms with Crippen molar-refractivity contribution in [1.82, 2.24) is 5.32 Å². The van der Waals surface area contributed by atoms with Gasteiger partial charge in [0.15, 0.2) is 17.6 Å². The summed E-state index contributed by atoms with van der Waals surface area (Å²) in [6, 6.07) is 10.6. The van der Waals surface area contributed by atoms with E-state index < -0.39 is 6.10 Å². The van der Waals surface area contributed by atoms with Gasteiger partial charge >= 0.3 is 0 Å². The third-order valence-corrected chi connectivity index (χ3v) is 4.27. The minimum atomic E-state index is -0.646. The van der Waals surface area contributed by atoms with Gasteiger partial charge in [-0.25, -0.2) is 0 Å². The molecule has 0 fully saturated rings. The Morgan fingerprint density at radius 3 is 2.19 bits per heavy atom. The van der Waals surface area contributed by atoms with Crippen molar-refractivity contribution in [3.05, 3.63) is 47.0 Å². The van der Waals surface area contributed by atoms with Gasteiger partial charge in [-0.2, -0.15) is 0 Å². The van der Waals surface area contributed by atoms with E-state index >= 15 is 0 Å². The van der Waals surface area contributed by atoms with Gasteiger partial charge in [0.2, 0.25) is 5.75 Å². The van der Waals surface area contributed by atoms with E-state index in [1.165, 1.54) is 0 Å². The van der Waals surface area contributed by atoms with Gasteiger partial charge in [0.05, 0.1) is 26.4 Å². The first-order chi connectivity index (χ1) is 13.0. The highest BCUT2D eigenvalue weighted by atomic mass is 35.5. The van der Waals surface area contributed by atoms with Crippen molar-refractivity contribution < 1.29 is 23.7 Å². The molecule has 0 unspecified atom stereocenters. The van der Waals surface area contributed by atoms with Crippen LogP contribution in [0.2, 0.25) is 5.02 Å². The summed E-state index contributed by atoms with van der Waals surface area (Å²) in [5, 5.41) is 3.34. The number of halogens is 1. The van der Waals surface area contributed by atoms with Crippen molar-refractivity contribution in [2.45, 2.75) is 26.0 Å². The maximum atomic E-state index is 12.5. The zero-order valence-electron chi connectivity index (χ0n) is 15.9. The minimum Gasteiger partial charge on any atom is -0.493 e. The summed E-state index contributed by atoms with van der Waals surface area (Å²) in [5.74, 6) is 1.81. The summed E-state index contributed by atoms with van der Waals surface area (Å²) in [4.78, 5) is 12.5. The first-order valence-electron chi connectivity index (χ1n) is 8.51. The lowest BCUT2D eigenvalue weighted by molar-refractivity contribution is -0.128. The number of ether oxygens (including phenoxy) is 4. The van der Waals surface area contributed by atoms with E-state index in [-0.39, 0.29) is 12.5 Å². The second-order valence-corrected chi connectivity index (χ2v) is 6.10. The van der Waals surface area contributed by atoms with Crippen LogP contribution in [0.4, 0.5) is 0 Å². The number of para-hydroxylation sites is 1. The monoisotopic (exact) mass is 393 g/mol. The molecule has 0 spiro atoms. The molecule has 0 aliphatic carbocycles. The van der Waals surface area contributed by atoms with Crippen molar-refractivity contribution >= 4 is 17.5 Å².